The maximum Gasteiger partial charge on any atom is 0.323 e. The molecule has 6 nitrogen and oxygen atoms in total. The van der Waals surface area contributed by atoms with Crippen LogP contribution in [0.5, 0.6) is 0 Å². The molecule has 1 saturated heterocycles. The highest BCUT2D eigenvalue weighted by Crippen LogP contribution is 2.19. The van der Waals surface area contributed by atoms with Crippen LogP contribution in [-0.4, -0.2) is 63.8 Å². The minimum absolute atomic E-state index is 0.0623. The van der Waals surface area contributed by atoms with Crippen molar-refractivity contribution >= 4 is 12.0 Å². The van der Waals surface area contributed by atoms with Gasteiger partial charge in [0.15, 0.2) is 0 Å². The van der Waals surface area contributed by atoms with Gasteiger partial charge in [0.2, 0.25) is 0 Å². The lowest BCUT2D eigenvalue weighted by Crippen LogP contribution is -2.53. The zero-order valence-corrected chi connectivity index (χ0v) is 12.4. The summed E-state index contributed by atoms with van der Waals surface area (Å²) in [5.41, 5.74) is 0. The lowest BCUT2D eigenvalue weighted by Gasteiger charge is -2.36. The third kappa shape index (κ3) is 4.37. The van der Waals surface area contributed by atoms with E-state index >= 15 is 0 Å². The molecule has 1 rings (SSSR count). The third-order valence-corrected chi connectivity index (χ3v) is 4.01. The summed E-state index contributed by atoms with van der Waals surface area (Å²) in [6.45, 7) is 4.03. The zero-order chi connectivity index (χ0) is 15.1. The van der Waals surface area contributed by atoms with E-state index in [-0.39, 0.29) is 31.3 Å². The molecule has 0 aromatic rings. The van der Waals surface area contributed by atoms with Gasteiger partial charge >= 0.3 is 12.0 Å². The van der Waals surface area contributed by atoms with Crippen molar-refractivity contribution in [3.8, 4) is 0 Å². The smallest absolute Gasteiger partial charge is 0.323 e. The number of hydrogen-bond acceptors (Lipinski definition) is 3. The maximum absolute atomic E-state index is 12.6. The SMILES string of the molecule is CCC(C)N(CC(=O)O)C(=O)N1CCCCCC1CO. The normalized spacial score (nSPS) is 21.1. The average molecular weight is 286 g/mol. The van der Waals surface area contributed by atoms with Gasteiger partial charge in [-0.05, 0) is 26.2 Å². The van der Waals surface area contributed by atoms with Crippen LogP contribution in [0, 0.1) is 0 Å². The van der Waals surface area contributed by atoms with E-state index in [0.29, 0.717) is 13.0 Å². The number of carboxylic acids is 1. The van der Waals surface area contributed by atoms with Crippen molar-refractivity contribution in [1.29, 1.82) is 0 Å². The van der Waals surface area contributed by atoms with Gasteiger partial charge in [-0.2, -0.15) is 0 Å². The van der Waals surface area contributed by atoms with E-state index in [9.17, 15) is 14.7 Å². The summed E-state index contributed by atoms with van der Waals surface area (Å²) in [7, 11) is 0. The molecule has 0 aromatic carbocycles. The van der Waals surface area contributed by atoms with Gasteiger partial charge in [0, 0.05) is 12.6 Å². The zero-order valence-electron chi connectivity index (χ0n) is 12.4. The summed E-state index contributed by atoms with van der Waals surface area (Å²) >= 11 is 0. The molecule has 1 aliphatic heterocycles. The van der Waals surface area contributed by atoms with Gasteiger partial charge in [0.25, 0.3) is 0 Å². The molecule has 2 amide bonds. The number of carbonyl (C=O) groups excluding carboxylic acids is 1. The van der Waals surface area contributed by atoms with E-state index in [4.69, 9.17) is 5.11 Å². The van der Waals surface area contributed by atoms with E-state index in [1.807, 2.05) is 13.8 Å². The van der Waals surface area contributed by atoms with Crippen molar-refractivity contribution in [2.45, 2.75) is 58.0 Å². The van der Waals surface area contributed by atoms with Crippen LogP contribution in [0.4, 0.5) is 4.79 Å². The number of carboxylic acid groups (broad SMARTS) is 1. The van der Waals surface area contributed by atoms with Crippen LogP contribution in [0.15, 0.2) is 0 Å². The van der Waals surface area contributed by atoms with E-state index in [0.717, 1.165) is 25.7 Å². The van der Waals surface area contributed by atoms with Gasteiger partial charge in [0.1, 0.15) is 6.54 Å². The third-order valence-electron chi connectivity index (χ3n) is 4.01. The van der Waals surface area contributed by atoms with Crippen molar-refractivity contribution in [1.82, 2.24) is 9.80 Å². The molecule has 1 aliphatic rings. The van der Waals surface area contributed by atoms with Crippen molar-refractivity contribution < 1.29 is 19.8 Å². The van der Waals surface area contributed by atoms with Crippen molar-refractivity contribution in [2.24, 2.45) is 0 Å². The fraction of sp³-hybridized carbons (Fsp3) is 0.857. The minimum Gasteiger partial charge on any atom is -0.480 e. The van der Waals surface area contributed by atoms with Crippen LogP contribution in [0.1, 0.15) is 46.0 Å². The molecule has 20 heavy (non-hydrogen) atoms. The molecule has 1 heterocycles. The number of hydrogen-bond donors (Lipinski definition) is 2. The van der Waals surface area contributed by atoms with Crippen molar-refractivity contribution in [3.63, 3.8) is 0 Å². The number of aliphatic hydroxyl groups is 1. The van der Waals surface area contributed by atoms with Crippen LogP contribution in [0.25, 0.3) is 0 Å². The fourth-order valence-electron chi connectivity index (χ4n) is 2.56. The summed E-state index contributed by atoms with van der Waals surface area (Å²) in [5, 5.41) is 18.5. The van der Waals surface area contributed by atoms with E-state index in [2.05, 4.69) is 0 Å². The molecule has 2 atom stereocenters. The molecule has 0 radical (unpaired) electrons. The number of aliphatic hydroxyl groups excluding tert-OH is 1. The lowest BCUT2D eigenvalue weighted by molar-refractivity contribution is -0.138. The minimum atomic E-state index is -1.01. The first-order valence-corrected chi connectivity index (χ1v) is 7.41. The van der Waals surface area contributed by atoms with Gasteiger partial charge in [-0.3, -0.25) is 4.79 Å². The first-order valence-electron chi connectivity index (χ1n) is 7.41. The molecule has 2 N–H and O–H groups in total. The Morgan fingerprint density at radius 2 is 2.05 bits per heavy atom. The molecule has 2 unspecified atom stereocenters. The van der Waals surface area contributed by atoms with Gasteiger partial charge in [0.05, 0.1) is 12.6 Å². The van der Waals surface area contributed by atoms with Crippen LogP contribution < -0.4 is 0 Å². The largest absolute Gasteiger partial charge is 0.480 e. The first kappa shape index (κ1) is 16.8. The number of likely N-dealkylation sites (tertiary alicyclic amines) is 1. The second-order valence-corrected chi connectivity index (χ2v) is 5.44. The number of amides is 2. The Hall–Kier alpha value is -1.30. The van der Waals surface area contributed by atoms with E-state index in [1.165, 1.54) is 4.90 Å². The summed E-state index contributed by atoms with van der Waals surface area (Å²) < 4.78 is 0. The average Bonchev–Trinajstić information content (AvgIpc) is 2.68. The van der Waals surface area contributed by atoms with Gasteiger partial charge in [-0.15, -0.1) is 0 Å². The van der Waals surface area contributed by atoms with Gasteiger partial charge in [-0.1, -0.05) is 19.8 Å². The molecule has 6 heteroatoms. The number of nitrogens with zero attached hydrogens (tertiary/aromatic N) is 2. The molecule has 0 saturated carbocycles. The number of carbonyl (C=O) groups is 2. The summed E-state index contributed by atoms with van der Waals surface area (Å²) in [5.74, 6) is -1.01. The van der Waals surface area contributed by atoms with Crippen LogP contribution in [0.3, 0.4) is 0 Å². The molecule has 1 fully saturated rings. The second kappa shape index (κ2) is 8.09. The maximum atomic E-state index is 12.6. The summed E-state index contributed by atoms with van der Waals surface area (Å²) in [6.07, 6.45) is 4.43. The standard InChI is InChI=1S/C14H26N2O4/c1-3-11(2)16(9-13(18)19)14(20)15-8-6-4-5-7-12(15)10-17/h11-12,17H,3-10H2,1-2H3,(H,18,19). The second-order valence-electron chi connectivity index (χ2n) is 5.44. The molecule has 0 aliphatic carbocycles. The van der Waals surface area contributed by atoms with Crippen molar-refractivity contribution in [3.05, 3.63) is 0 Å². The quantitative estimate of drug-likeness (QED) is 0.803. The van der Waals surface area contributed by atoms with Gasteiger partial charge in [-0.25, -0.2) is 4.79 Å². The van der Waals surface area contributed by atoms with Crippen molar-refractivity contribution in [2.75, 3.05) is 19.7 Å². The Balaban J connectivity index is 2.86. The Morgan fingerprint density at radius 1 is 1.35 bits per heavy atom. The van der Waals surface area contributed by atoms with E-state index < -0.39 is 5.97 Å². The molecule has 0 bridgehead atoms. The molecular formula is C14H26N2O4. The molecule has 116 valence electrons. The van der Waals surface area contributed by atoms with Crippen LogP contribution in [-0.2, 0) is 4.79 Å². The summed E-state index contributed by atoms with van der Waals surface area (Å²) in [4.78, 5) is 26.7. The first-order chi connectivity index (χ1) is 9.51. The number of aliphatic carboxylic acids is 1. The number of rotatable bonds is 5. The Labute approximate surface area is 120 Å². The van der Waals surface area contributed by atoms with Gasteiger partial charge < -0.3 is 20.0 Å². The number of urea groups is 1. The highest BCUT2D eigenvalue weighted by Gasteiger charge is 2.31. The molecular weight excluding hydrogens is 260 g/mol. The molecule has 0 spiro atoms. The highest BCUT2D eigenvalue weighted by atomic mass is 16.4. The topological polar surface area (TPSA) is 81.1 Å². The van der Waals surface area contributed by atoms with Crippen LogP contribution in [0.2, 0.25) is 0 Å². The predicted molar refractivity (Wildman–Crippen MR) is 75.5 cm³/mol. The highest BCUT2D eigenvalue weighted by molar-refractivity contribution is 5.80. The monoisotopic (exact) mass is 286 g/mol. The Bertz CT molecular complexity index is 335. The fourth-order valence-corrected chi connectivity index (χ4v) is 2.56. The lowest BCUT2D eigenvalue weighted by atomic mass is 10.1. The molecule has 0 aromatic heterocycles. The van der Waals surface area contributed by atoms with Crippen LogP contribution >= 0.6 is 0 Å². The summed E-state index contributed by atoms with van der Waals surface area (Å²) in [6, 6.07) is -0.575. The van der Waals surface area contributed by atoms with E-state index in [1.54, 1.807) is 4.90 Å². The Morgan fingerprint density at radius 3 is 2.60 bits per heavy atom. The predicted octanol–water partition coefficient (Wildman–Crippen LogP) is 1.53. The Kier molecular flexibility index (Phi) is 6.78.